The van der Waals surface area contributed by atoms with Gasteiger partial charge in [-0.05, 0) is 46.2 Å². The zero-order valence-corrected chi connectivity index (χ0v) is 25.7. The highest BCUT2D eigenvalue weighted by molar-refractivity contribution is 7.26. The predicted molar refractivity (Wildman–Crippen MR) is 190 cm³/mol. The molecular formula is C41H27N3S. The van der Waals surface area contributed by atoms with Crippen LogP contribution in [0.2, 0.25) is 0 Å². The Morgan fingerprint density at radius 1 is 0.578 bits per heavy atom. The van der Waals surface area contributed by atoms with Crippen LogP contribution in [0.5, 0.6) is 0 Å². The molecule has 0 spiro atoms. The van der Waals surface area contributed by atoms with Gasteiger partial charge in [0.25, 0.3) is 0 Å². The van der Waals surface area contributed by atoms with Crippen molar-refractivity contribution in [1.29, 1.82) is 0 Å². The quantitative estimate of drug-likeness (QED) is 0.200. The van der Waals surface area contributed by atoms with Crippen LogP contribution in [0.1, 0.15) is 25.0 Å². The first kappa shape index (κ1) is 25.1. The van der Waals surface area contributed by atoms with Crippen LogP contribution in [0.3, 0.4) is 0 Å². The van der Waals surface area contributed by atoms with Crippen molar-refractivity contribution < 1.29 is 0 Å². The van der Waals surface area contributed by atoms with Crippen molar-refractivity contribution in [3.8, 4) is 28.3 Å². The highest BCUT2D eigenvalue weighted by Gasteiger charge is 2.36. The Morgan fingerprint density at radius 2 is 1.33 bits per heavy atom. The molecular weight excluding hydrogens is 567 g/mol. The minimum absolute atomic E-state index is 0.153. The first-order valence-electron chi connectivity index (χ1n) is 15.4. The average molecular weight is 594 g/mol. The van der Waals surface area contributed by atoms with E-state index in [-0.39, 0.29) is 5.41 Å². The van der Waals surface area contributed by atoms with E-state index in [2.05, 4.69) is 146 Å². The standard InChI is InChI=1S/C41H27N3S/c1-41(2)31-21-20-27(23-34(31)44-37-30(14-9-15-32(37)41)39-38(44)29-13-6-8-17-35(29)45-39)40-42-33-16-7-5-12-28(33)36(43-40)26-19-18-24-10-3-4-11-25(24)22-26/h3-23H,1-2H3. The molecule has 1 aliphatic heterocycles. The predicted octanol–water partition coefficient (Wildman–Crippen LogP) is 11.1. The lowest BCUT2D eigenvalue weighted by atomic mass is 9.74. The van der Waals surface area contributed by atoms with Crippen LogP contribution in [0.25, 0.3) is 81.2 Å². The van der Waals surface area contributed by atoms with Crippen LogP contribution in [0, 0.1) is 0 Å². The fraction of sp³-hybridized carbons (Fsp3) is 0.0732. The second kappa shape index (κ2) is 8.87. The van der Waals surface area contributed by atoms with Gasteiger partial charge in [0.2, 0.25) is 0 Å². The van der Waals surface area contributed by atoms with Gasteiger partial charge < -0.3 is 4.57 Å². The van der Waals surface area contributed by atoms with Gasteiger partial charge >= 0.3 is 0 Å². The molecule has 45 heavy (non-hydrogen) atoms. The third-order valence-electron chi connectivity index (χ3n) is 9.77. The summed E-state index contributed by atoms with van der Waals surface area (Å²) >= 11 is 1.90. The fourth-order valence-corrected chi connectivity index (χ4v) is 8.77. The van der Waals surface area contributed by atoms with Gasteiger partial charge in [-0.3, -0.25) is 0 Å². The van der Waals surface area contributed by atoms with Crippen LogP contribution < -0.4 is 0 Å². The molecule has 0 atom stereocenters. The smallest absolute Gasteiger partial charge is 0.160 e. The summed E-state index contributed by atoms with van der Waals surface area (Å²) in [4.78, 5) is 10.4. The van der Waals surface area contributed by atoms with Crippen LogP contribution in [-0.2, 0) is 5.41 Å². The largest absolute Gasteiger partial charge is 0.307 e. The molecule has 0 fully saturated rings. The first-order chi connectivity index (χ1) is 22.1. The number of fused-ring (bicyclic) bond motifs is 9. The van der Waals surface area contributed by atoms with Crippen molar-refractivity contribution in [3.05, 3.63) is 139 Å². The molecule has 10 rings (SSSR count). The number of benzene rings is 6. The average Bonchev–Trinajstić information content (AvgIpc) is 3.62. The number of aromatic nitrogens is 3. The minimum atomic E-state index is -0.153. The van der Waals surface area contributed by atoms with Gasteiger partial charge in [0, 0.05) is 37.4 Å². The molecule has 0 saturated heterocycles. The van der Waals surface area contributed by atoms with Crippen molar-refractivity contribution >= 4 is 64.2 Å². The van der Waals surface area contributed by atoms with Crippen molar-refractivity contribution in [2.45, 2.75) is 19.3 Å². The summed E-state index contributed by atoms with van der Waals surface area (Å²) in [5.74, 6) is 0.742. The highest BCUT2D eigenvalue weighted by Crippen LogP contribution is 2.51. The van der Waals surface area contributed by atoms with E-state index in [4.69, 9.17) is 9.97 Å². The molecule has 1 aliphatic rings. The lowest BCUT2D eigenvalue weighted by Crippen LogP contribution is -2.26. The minimum Gasteiger partial charge on any atom is -0.307 e. The molecule has 0 N–H and O–H groups in total. The van der Waals surface area contributed by atoms with Gasteiger partial charge in [-0.1, -0.05) is 117 Å². The SMILES string of the molecule is CC1(C)c2ccc(-c3nc(-c4ccc5ccccc5c4)c4ccccc4n3)cc2-n2c3c1cccc3c1sc3ccccc3c12. The molecule has 0 amide bonds. The lowest BCUT2D eigenvalue weighted by Gasteiger charge is -2.35. The maximum atomic E-state index is 5.30. The number of thiophene rings is 1. The van der Waals surface area contributed by atoms with Crippen molar-refractivity contribution in [2.24, 2.45) is 0 Å². The van der Waals surface area contributed by atoms with Gasteiger partial charge in [-0.25, -0.2) is 9.97 Å². The zero-order valence-electron chi connectivity index (χ0n) is 24.9. The summed E-state index contributed by atoms with van der Waals surface area (Å²) in [5.41, 5.74) is 10.4. The number of nitrogens with zero attached hydrogens (tertiary/aromatic N) is 3. The maximum absolute atomic E-state index is 5.30. The molecule has 0 bridgehead atoms. The molecule has 3 nitrogen and oxygen atoms in total. The van der Waals surface area contributed by atoms with E-state index in [1.807, 2.05) is 11.3 Å². The molecule has 0 unspecified atom stereocenters. The van der Waals surface area contributed by atoms with Crippen LogP contribution in [0.4, 0.5) is 0 Å². The molecule has 9 aromatic rings. The molecule has 0 aliphatic carbocycles. The molecule has 4 heterocycles. The van der Waals surface area contributed by atoms with Gasteiger partial charge in [-0.15, -0.1) is 11.3 Å². The van der Waals surface area contributed by atoms with Crippen LogP contribution in [0.15, 0.2) is 127 Å². The Balaban J connectivity index is 1.26. The van der Waals surface area contributed by atoms with Gasteiger partial charge in [0.05, 0.1) is 32.6 Å². The topological polar surface area (TPSA) is 30.7 Å². The summed E-state index contributed by atoms with van der Waals surface area (Å²) in [6, 6.07) is 45.9. The number of rotatable bonds is 2. The Morgan fingerprint density at radius 3 is 2.24 bits per heavy atom. The summed E-state index contributed by atoms with van der Waals surface area (Å²) in [7, 11) is 0. The van der Waals surface area contributed by atoms with E-state index >= 15 is 0 Å². The number of para-hydroxylation sites is 2. The van der Waals surface area contributed by atoms with Crippen molar-refractivity contribution in [1.82, 2.24) is 14.5 Å². The van der Waals surface area contributed by atoms with Crippen molar-refractivity contribution in [2.75, 3.05) is 0 Å². The van der Waals surface area contributed by atoms with Crippen LogP contribution in [-0.4, -0.2) is 14.5 Å². The number of hydrogen-bond acceptors (Lipinski definition) is 3. The van der Waals surface area contributed by atoms with Crippen LogP contribution >= 0.6 is 11.3 Å². The van der Waals surface area contributed by atoms with Gasteiger partial charge in [0.15, 0.2) is 5.82 Å². The zero-order chi connectivity index (χ0) is 29.9. The molecule has 0 saturated carbocycles. The normalized spacial score (nSPS) is 13.7. The van der Waals surface area contributed by atoms with E-state index in [1.54, 1.807) is 0 Å². The Labute approximate surface area is 264 Å². The van der Waals surface area contributed by atoms with E-state index in [0.717, 1.165) is 33.5 Å². The second-order valence-corrected chi connectivity index (χ2v) is 13.7. The Hall–Kier alpha value is -5.32. The lowest BCUT2D eigenvalue weighted by molar-refractivity contribution is 0.630. The Bertz CT molecular complexity index is 2690. The summed E-state index contributed by atoms with van der Waals surface area (Å²) in [6.07, 6.45) is 0. The maximum Gasteiger partial charge on any atom is 0.160 e. The van der Waals surface area contributed by atoms with E-state index in [1.165, 1.54) is 58.8 Å². The molecule has 4 heteroatoms. The first-order valence-corrected chi connectivity index (χ1v) is 16.2. The molecule has 212 valence electrons. The van der Waals surface area contributed by atoms with E-state index < -0.39 is 0 Å². The molecule has 0 radical (unpaired) electrons. The van der Waals surface area contributed by atoms with Gasteiger partial charge in [-0.2, -0.15) is 0 Å². The second-order valence-electron chi connectivity index (χ2n) is 12.6. The van der Waals surface area contributed by atoms with Gasteiger partial charge in [0.1, 0.15) is 0 Å². The monoisotopic (exact) mass is 593 g/mol. The Kier molecular flexibility index (Phi) is 4.94. The molecule has 6 aromatic carbocycles. The summed E-state index contributed by atoms with van der Waals surface area (Å²) in [6.45, 7) is 4.71. The number of hydrogen-bond donors (Lipinski definition) is 0. The highest BCUT2D eigenvalue weighted by atomic mass is 32.1. The fourth-order valence-electron chi connectivity index (χ4n) is 7.55. The molecule has 3 aromatic heterocycles. The van der Waals surface area contributed by atoms with E-state index in [0.29, 0.717) is 0 Å². The van der Waals surface area contributed by atoms with E-state index in [9.17, 15) is 0 Å². The third-order valence-corrected chi connectivity index (χ3v) is 11.0. The summed E-state index contributed by atoms with van der Waals surface area (Å²) < 4.78 is 5.19. The van der Waals surface area contributed by atoms with Crippen molar-refractivity contribution in [3.63, 3.8) is 0 Å². The summed E-state index contributed by atoms with van der Waals surface area (Å²) in [5, 5.41) is 6.12. The third kappa shape index (κ3) is 3.40.